The molecule has 24 heavy (non-hydrogen) atoms. The van der Waals surface area contributed by atoms with Gasteiger partial charge in [0.25, 0.3) is 0 Å². The molecule has 5 heteroatoms. The molecule has 0 aliphatic heterocycles. The minimum Gasteiger partial charge on any atom is -0.455 e. The van der Waals surface area contributed by atoms with Gasteiger partial charge in [-0.25, -0.2) is 9.78 Å². The maximum absolute atomic E-state index is 12.3. The first-order valence-electron chi connectivity index (χ1n) is 8.31. The zero-order valence-electron chi connectivity index (χ0n) is 13.9. The molecule has 0 radical (unpaired) electrons. The number of ether oxygens (including phenoxy) is 1. The van der Waals surface area contributed by atoms with E-state index in [9.17, 15) is 4.79 Å². The molecule has 0 saturated carbocycles. The zero-order valence-corrected chi connectivity index (χ0v) is 14.7. The lowest BCUT2D eigenvalue weighted by Crippen LogP contribution is -2.08. The lowest BCUT2D eigenvalue weighted by atomic mass is 9.90. The Labute approximate surface area is 145 Å². The summed E-state index contributed by atoms with van der Waals surface area (Å²) < 4.78 is 7.44. The Morgan fingerprint density at radius 2 is 2.29 bits per heavy atom. The smallest absolute Gasteiger partial charge is 0.348 e. The van der Waals surface area contributed by atoms with Crippen LogP contribution in [0.2, 0.25) is 0 Å². The van der Waals surface area contributed by atoms with Crippen molar-refractivity contribution in [3.05, 3.63) is 57.2 Å². The summed E-state index contributed by atoms with van der Waals surface area (Å²) in [5, 5.41) is 0. The van der Waals surface area contributed by atoms with Gasteiger partial charge >= 0.3 is 5.97 Å². The van der Waals surface area contributed by atoms with Crippen LogP contribution in [0, 0.1) is 12.8 Å². The molecule has 0 N–H and O–H groups in total. The summed E-state index contributed by atoms with van der Waals surface area (Å²) in [6, 6.07) is 6.01. The minimum atomic E-state index is -0.240. The number of carbonyl (C=O) groups excluding carboxylic acids is 1. The number of pyridine rings is 1. The Morgan fingerprint density at radius 3 is 3.17 bits per heavy atom. The molecule has 3 heterocycles. The Hall–Kier alpha value is -2.14. The van der Waals surface area contributed by atoms with Crippen molar-refractivity contribution in [1.82, 2.24) is 9.38 Å². The molecule has 1 aliphatic carbocycles. The topological polar surface area (TPSA) is 43.6 Å². The first kappa shape index (κ1) is 15.4. The highest BCUT2D eigenvalue weighted by Crippen LogP contribution is 2.32. The number of thiophene rings is 1. The van der Waals surface area contributed by atoms with E-state index in [1.54, 1.807) is 11.3 Å². The van der Waals surface area contributed by atoms with Crippen molar-refractivity contribution in [3.63, 3.8) is 0 Å². The van der Waals surface area contributed by atoms with Gasteiger partial charge in [0.05, 0.1) is 5.69 Å². The number of aromatic nitrogens is 2. The molecule has 0 bridgehead atoms. The number of hydrogen-bond donors (Lipinski definition) is 0. The largest absolute Gasteiger partial charge is 0.455 e. The van der Waals surface area contributed by atoms with Crippen molar-refractivity contribution in [2.45, 2.75) is 39.7 Å². The molecule has 1 atom stereocenters. The highest BCUT2D eigenvalue weighted by atomic mass is 32.1. The molecular weight excluding hydrogens is 320 g/mol. The third-order valence-corrected chi connectivity index (χ3v) is 5.75. The van der Waals surface area contributed by atoms with Crippen molar-refractivity contribution in [2.24, 2.45) is 5.92 Å². The van der Waals surface area contributed by atoms with E-state index in [1.165, 1.54) is 22.4 Å². The third-order valence-electron chi connectivity index (χ3n) is 4.53. The molecule has 0 aromatic carbocycles. The fourth-order valence-corrected chi connectivity index (χ4v) is 4.34. The van der Waals surface area contributed by atoms with Gasteiger partial charge in [-0.3, -0.25) is 0 Å². The van der Waals surface area contributed by atoms with Crippen LogP contribution >= 0.6 is 11.3 Å². The second kappa shape index (κ2) is 6.06. The van der Waals surface area contributed by atoms with Crippen LogP contribution < -0.4 is 0 Å². The van der Waals surface area contributed by atoms with Crippen LogP contribution in [0.1, 0.15) is 44.7 Å². The SMILES string of the molecule is Cc1ccc2nc(COC(=O)c3cc4c(s3)CC[C@@H](C)C4)cn2c1. The summed E-state index contributed by atoms with van der Waals surface area (Å²) in [4.78, 5) is 18.9. The van der Waals surface area contributed by atoms with Crippen LogP contribution in [0.5, 0.6) is 0 Å². The average Bonchev–Trinajstić information content (AvgIpc) is 3.15. The van der Waals surface area contributed by atoms with Crippen LogP contribution in [0.25, 0.3) is 5.65 Å². The number of hydrogen-bond acceptors (Lipinski definition) is 4. The Kier molecular flexibility index (Phi) is 3.88. The summed E-state index contributed by atoms with van der Waals surface area (Å²) in [6.45, 7) is 4.51. The van der Waals surface area contributed by atoms with Crippen molar-refractivity contribution in [1.29, 1.82) is 0 Å². The zero-order chi connectivity index (χ0) is 16.7. The van der Waals surface area contributed by atoms with E-state index >= 15 is 0 Å². The predicted molar refractivity (Wildman–Crippen MR) is 94.6 cm³/mol. The number of rotatable bonds is 3. The highest BCUT2D eigenvalue weighted by molar-refractivity contribution is 7.14. The summed E-state index contributed by atoms with van der Waals surface area (Å²) in [5.41, 5.74) is 4.13. The summed E-state index contributed by atoms with van der Waals surface area (Å²) in [5.74, 6) is 0.465. The number of fused-ring (bicyclic) bond motifs is 2. The van der Waals surface area contributed by atoms with Gasteiger partial charge in [0.2, 0.25) is 0 Å². The second-order valence-electron chi connectivity index (χ2n) is 6.69. The van der Waals surface area contributed by atoms with E-state index in [-0.39, 0.29) is 12.6 Å². The van der Waals surface area contributed by atoms with Gasteiger partial charge in [0.1, 0.15) is 17.1 Å². The molecule has 3 aromatic heterocycles. The van der Waals surface area contributed by atoms with E-state index < -0.39 is 0 Å². The van der Waals surface area contributed by atoms with E-state index in [0.717, 1.165) is 24.2 Å². The predicted octanol–water partition coefficient (Wildman–Crippen LogP) is 4.19. The quantitative estimate of drug-likeness (QED) is 0.672. The van der Waals surface area contributed by atoms with Gasteiger partial charge in [-0.2, -0.15) is 0 Å². The molecule has 4 rings (SSSR count). The molecule has 0 fully saturated rings. The molecule has 3 aromatic rings. The lowest BCUT2D eigenvalue weighted by molar-refractivity contribution is 0.0474. The molecule has 0 unspecified atom stereocenters. The average molecular weight is 340 g/mol. The van der Waals surface area contributed by atoms with Crippen molar-refractivity contribution >= 4 is 23.0 Å². The fraction of sp³-hybridized carbons (Fsp3) is 0.368. The van der Waals surface area contributed by atoms with Gasteiger partial charge in [-0.15, -0.1) is 11.3 Å². The first-order chi connectivity index (χ1) is 11.6. The summed E-state index contributed by atoms with van der Waals surface area (Å²) >= 11 is 1.59. The van der Waals surface area contributed by atoms with Crippen LogP contribution in [0.3, 0.4) is 0 Å². The van der Waals surface area contributed by atoms with Gasteiger partial charge in [-0.05, 0) is 55.4 Å². The molecule has 1 aliphatic rings. The third kappa shape index (κ3) is 2.96. The van der Waals surface area contributed by atoms with Crippen LogP contribution in [-0.2, 0) is 24.2 Å². The monoisotopic (exact) mass is 340 g/mol. The van der Waals surface area contributed by atoms with Crippen molar-refractivity contribution < 1.29 is 9.53 Å². The first-order valence-corrected chi connectivity index (χ1v) is 9.13. The molecule has 0 saturated heterocycles. The highest BCUT2D eigenvalue weighted by Gasteiger charge is 2.21. The lowest BCUT2D eigenvalue weighted by Gasteiger charge is -2.16. The number of nitrogens with zero attached hydrogens (tertiary/aromatic N) is 2. The number of imidazole rings is 1. The normalized spacial score (nSPS) is 17.0. The van der Waals surface area contributed by atoms with E-state index in [4.69, 9.17) is 4.74 Å². The standard InChI is InChI=1S/C19H20N2O2S/c1-12-3-5-16-14(7-12)8-17(24-16)19(22)23-11-15-10-21-9-13(2)4-6-18(21)20-15/h4,6,8-10,12H,3,5,7,11H2,1-2H3/t12-/m1/s1. The number of esters is 1. The van der Waals surface area contributed by atoms with Gasteiger partial charge < -0.3 is 9.14 Å². The van der Waals surface area contributed by atoms with Crippen molar-refractivity contribution in [3.8, 4) is 0 Å². The maximum Gasteiger partial charge on any atom is 0.348 e. The molecule has 0 amide bonds. The molecule has 124 valence electrons. The Morgan fingerprint density at radius 1 is 1.42 bits per heavy atom. The fourth-order valence-electron chi connectivity index (χ4n) is 3.24. The maximum atomic E-state index is 12.3. The van der Waals surface area contributed by atoms with Crippen LogP contribution in [-0.4, -0.2) is 15.4 Å². The minimum absolute atomic E-state index is 0.207. The van der Waals surface area contributed by atoms with Crippen LogP contribution in [0.15, 0.2) is 30.6 Å². The Balaban J connectivity index is 1.46. The summed E-state index contributed by atoms with van der Waals surface area (Å²) in [7, 11) is 0. The van der Waals surface area contributed by atoms with Gasteiger partial charge in [0.15, 0.2) is 0 Å². The number of carbonyl (C=O) groups is 1. The van der Waals surface area contributed by atoms with Crippen LogP contribution in [0.4, 0.5) is 0 Å². The van der Waals surface area contributed by atoms with E-state index in [0.29, 0.717) is 10.8 Å². The number of aryl methyl sites for hydroxylation is 2. The van der Waals surface area contributed by atoms with E-state index in [1.807, 2.05) is 41.9 Å². The van der Waals surface area contributed by atoms with Gasteiger partial charge in [0, 0.05) is 17.3 Å². The molecule has 4 nitrogen and oxygen atoms in total. The van der Waals surface area contributed by atoms with E-state index in [2.05, 4.69) is 11.9 Å². The Bertz CT molecular complexity index is 909. The molecule has 0 spiro atoms. The van der Waals surface area contributed by atoms with Gasteiger partial charge in [-0.1, -0.05) is 13.0 Å². The summed E-state index contributed by atoms with van der Waals surface area (Å²) in [6.07, 6.45) is 7.30. The van der Waals surface area contributed by atoms with Crippen molar-refractivity contribution in [2.75, 3.05) is 0 Å². The second-order valence-corrected chi connectivity index (χ2v) is 7.82. The molecular formula is C19H20N2O2S.